The maximum Gasteiger partial charge on any atom is 0.229 e. The molecular weight excluding hydrogens is 437 g/mol. The molecule has 0 bridgehead atoms. The number of nitrogens with zero attached hydrogens (tertiary/aromatic N) is 2. The molecule has 166 valence electrons. The molecule has 0 radical (unpaired) electrons. The largest absolute Gasteiger partial charge is 0.381 e. The van der Waals surface area contributed by atoms with Crippen LogP contribution in [0.2, 0.25) is 10.0 Å². The zero-order valence-electron chi connectivity index (χ0n) is 17.3. The van der Waals surface area contributed by atoms with Gasteiger partial charge in [-0.15, -0.1) is 0 Å². The SMILES string of the molecule is O=C(Nc1cc(-c2cc(NCC3CCOCC3)ncc2Cl)c(Cl)cn1)C1CCCNC1. The van der Waals surface area contributed by atoms with E-state index in [9.17, 15) is 4.79 Å². The van der Waals surface area contributed by atoms with Crippen molar-refractivity contribution >= 4 is 40.7 Å². The highest BCUT2D eigenvalue weighted by atomic mass is 35.5. The molecule has 2 aromatic heterocycles. The fourth-order valence-corrected chi connectivity index (χ4v) is 4.37. The normalized spacial score (nSPS) is 19.7. The smallest absolute Gasteiger partial charge is 0.229 e. The topological polar surface area (TPSA) is 88.2 Å². The number of ether oxygens (including phenoxy) is 1. The van der Waals surface area contributed by atoms with E-state index in [2.05, 4.69) is 25.9 Å². The average molecular weight is 464 g/mol. The van der Waals surface area contributed by atoms with Crippen molar-refractivity contribution in [1.29, 1.82) is 0 Å². The number of carbonyl (C=O) groups is 1. The Bertz CT molecular complexity index is 915. The second-order valence-corrected chi connectivity index (χ2v) is 8.88. The minimum atomic E-state index is -0.0554. The van der Waals surface area contributed by atoms with Crippen LogP contribution in [0.3, 0.4) is 0 Å². The van der Waals surface area contributed by atoms with Gasteiger partial charge in [0.25, 0.3) is 0 Å². The van der Waals surface area contributed by atoms with Gasteiger partial charge >= 0.3 is 0 Å². The summed E-state index contributed by atoms with van der Waals surface area (Å²) < 4.78 is 5.42. The standard InChI is InChI=1S/C22H27Cl2N5O2/c23-18-12-27-20(26-10-14-3-6-31-7-4-14)8-16(18)17-9-21(28-13-19(17)24)29-22(30)15-2-1-5-25-11-15/h8-9,12-15,25H,1-7,10-11H2,(H,26,27)(H,28,29,30). The van der Waals surface area contributed by atoms with Gasteiger partial charge in [0.15, 0.2) is 0 Å². The summed E-state index contributed by atoms with van der Waals surface area (Å²) >= 11 is 12.9. The van der Waals surface area contributed by atoms with Gasteiger partial charge in [-0.05, 0) is 50.3 Å². The second-order valence-electron chi connectivity index (χ2n) is 8.07. The number of pyridine rings is 2. The molecule has 4 heterocycles. The van der Waals surface area contributed by atoms with Gasteiger partial charge in [0.05, 0.1) is 16.0 Å². The first kappa shape index (κ1) is 22.3. The van der Waals surface area contributed by atoms with Crippen LogP contribution < -0.4 is 16.0 Å². The molecule has 7 nitrogen and oxygen atoms in total. The van der Waals surface area contributed by atoms with Crippen LogP contribution in [0.4, 0.5) is 11.6 Å². The lowest BCUT2D eigenvalue weighted by molar-refractivity contribution is -0.120. The quantitative estimate of drug-likeness (QED) is 0.593. The summed E-state index contributed by atoms with van der Waals surface area (Å²) in [6, 6.07) is 3.65. The third-order valence-corrected chi connectivity index (χ3v) is 6.43. The molecule has 9 heteroatoms. The number of amides is 1. The molecule has 31 heavy (non-hydrogen) atoms. The molecule has 0 saturated carbocycles. The Morgan fingerprint density at radius 1 is 1.06 bits per heavy atom. The van der Waals surface area contributed by atoms with E-state index in [0.29, 0.717) is 33.9 Å². The molecule has 2 aliphatic heterocycles. The van der Waals surface area contributed by atoms with Crippen LogP contribution in [-0.4, -0.2) is 48.7 Å². The Hall–Kier alpha value is -1.93. The fourth-order valence-electron chi connectivity index (χ4n) is 3.96. The first-order chi connectivity index (χ1) is 15.1. The van der Waals surface area contributed by atoms with Gasteiger partial charge < -0.3 is 20.7 Å². The number of anilines is 2. The van der Waals surface area contributed by atoms with E-state index in [1.807, 2.05) is 6.07 Å². The van der Waals surface area contributed by atoms with Crippen molar-refractivity contribution in [1.82, 2.24) is 15.3 Å². The van der Waals surface area contributed by atoms with Crippen molar-refractivity contribution < 1.29 is 9.53 Å². The Morgan fingerprint density at radius 3 is 2.42 bits per heavy atom. The summed E-state index contributed by atoms with van der Waals surface area (Å²) in [7, 11) is 0. The molecule has 2 aromatic rings. The van der Waals surface area contributed by atoms with Crippen LogP contribution in [0.25, 0.3) is 11.1 Å². The van der Waals surface area contributed by atoms with Gasteiger partial charge in [-0.2, -0.15) is 0 Å². The number of halogens is 2. The first-order valence-corrected chi connectivity index (χ1v) is 11.5. The molecule has 0 spiro atoms. The lowest BCUT2D eigenvalue weighted by Gasteiger charge is -2.22. The van der Waals surface area contributed by atoms with Crippen molar-refractivity contribution in [2.45, 2.75) is 25.7 Å². The molecule has 2 fully saturated rings. The molecule has 1 unspecified atom stereocenters. The number of hydrogen-bond acceptors (Lipinski definition) is 6. The minimum Gasteiger partial charge on any atom is -0.381 e. The van der Waals surface area contributed by atoms with Crippen molar-refractivity contribution in [3.05, 3.63) is 34.6 Å². The first-order valence-electron chi connectivity index (χ1n) is 10.7. The average Bonchev–Trinajstić information content (AvgIpc) is 2.81. The number of aromatic nitrogens is 2. The monoisotopic (exact) mass is 463 g/mol. The molecule has 0 aromatic carbocycles. The Morgan fingerprint density at radius 2 is 1.74 bits per heavy atom. The highest BCUT2D eigenvalue weighted by molar-refractivity contribution is 6.36. The van der Waals surface area contributed by atoms with Crippen LogP contribution in [0.15, 0.2) is 24.5 Å². The summed E-state index contributed by atoms with van der Waals surface area (Å²) in [5.41, 5.74) is 1.45. The third-order valence-electron chi connectivity index (χ3n) is 5.83. The van der Waals surface area contributed by atoms with Gasteiger partial charge in [-0.25, -0.2) is 9.97 Å². The Balaban J connectivity index is 1.49. The number of rotatable bonds is 6. The van der Waals surface area contributed by atoms with Crippen molar-refractivity contribution in [3.63, 3.8) is 0 Å². The van der Waals surface area contributed by atoms with Crippen LogP contribution in [0.5, 0.6) is 0 Å². The van der Waals surface area contributed by atoms with Gasteiger partial charge in [0.1, 0.15) is 11.6 Å². The van der Waals surface area contributed by atoms with E-state index in [4.69, 9.17) is 27.9 Å². The summed E-state index contributed by atoms with van der Waals surface area (Å²) in [4.78, 5) is 21.3. The van der Waals surface area contributed by atoms with E-state index < -0.39 is 0 Å². The van der Waals surface area contributed by atoms with Crippen LogP contribution in [0.1, 0.15) is 25.7 Å². The lowest BCUT2D eigenvalue weighted by Crippen LogP contribution is -2.37. The van der Waals surface area contributed by atoms with E-state index >= 15 is 0 Å². The van der Waals surface area contributed by atoms with Gasteiger partial charge in [0, 0.05) is 49.8 Å². The molecule has 2 aliphatic rings. The summed E-state index contributed by atoms with van der Waals surface area (Å²) in [5, 5.41) is 10.5. The van der Waals surface area contributed by atoms with E-state index in [-0.39, 0.29) is 11.8 Å². The fraction of sp³-hybridized carbons (Fsp3) is 0.500. The molecular formula is C22H27Cl2N5O2. The number of nitrogens with one attached hydrogen (secondary N) is 3. The molecule has 3 N–H and O–H groups in total. The van der Waals surface area contributed by atoms with Gasteiger partial charge in [0.2, 0.25) is 5.91 Å². The molecule has 1 amide bonds. The minimum absolute atomic E-state index is 0.0346. The maximum absolute atomic E-state index is 12.6. The number of carbonyl (C=O) groups excluding carboxylic acids is 1. The van der Waals surface area contributed by atoms with E-state index in [1.54, 1.807) is 12.3 Å². The zero-order chi connectivity index (χ0) is 21.6. The third kappa shape index (κ3) is 5.86. The summed E-state index contributed by atoms with van der Waals surface area (Å²) in [6.45, 7) is 4.09. The molecule has 2 saturated heterocycles. The van der Waals surface area contributed by atoms with Crippen LogP contribution in [-0.2, 0) is 9.53 Å². The molecule has 1 atom stereocenters. The number of hydrogen-bond donors (Lipinski definition) is 3. The predicted octanol–water partition coefficient (Wildman–Crippen LogP) is 4.23. The van der Waals surface area contributed by atoms with Gasteiger partial charge in [-0.3, -0.25) is 4.79 Å². The highest BCUT2D eigenvalue weighted by Gasteiger charge is 2.22. The molecule has 0 aliphatic carbocycles. The van der Waals surface area contributed by atoms with Gasteiger partial charge in [-0.1, -0.05) is 23.2 Å². The Kier molecular flexibility index (Phi) is 7.61. The molecule has 4 rings (SSSR count). The number of piperidine rings is 1. The summed E-state index contributed by atoms with van der Waals surface area (Å²) in [5.74, 6) is 1.67. The predicted molar refractivity (Wildman–Crippen MR) is 124 cm³/mol. The van der Waals surface area contributed by atoms with Crippen LogP contribution >= 0.6 is 23.2 Å². The second kappa shape index (κ2) is 10.6. The van der Waals surface area contributed by atoms with Crippen LogP contribution in [0, 0.1) is 11.8 Å². The zero-order valence-corrected chi connectivity index (χ0v) is 18.8. The van der Waals surface area contributed by atoms with Crippen molar-refractivity contribution in [3.8, 4) is 11.1 Å². The maximum atomic E-state index is 12.6. The van der Waals surface area contributed by atoms with E-state index in [1.165, 1.54) is 6.20 Å². The highest BCUT2D eigenvalue weighted by Crippen LogP contribution is 2.35. The van der Waals surface area contributed by atoms with Crippen molar-refractivity contribution in [2.24, 2.45) is 11.8 Å². The lowest BCUT2D eigenvalue weighted by atomic mass is 9.99. The Labute approximate surface area is 192 Å². The van der Waals surface area contributed by atoms with Crippen molar-refractivity contribution in [2.75, 3.05) is 43.5 Å². The summed E-state index contributed by atoms with van der Waals surface area (Å²) in [6.07, 6.45) is 7.11. The van der Waals surface area contributed by atoms with E-state index in [0.717, 1.165) is 63.4 Å².